The van der Waals surface area contributed by atoms with E-state index in [1.807, 2.05) is 33.0 Å². The topological polar surface area (TPSA) is 49.6 Å². The molecule has 1 saturated heterocycles. The number of benzene rings is 1. The first-order valence-corrected chi connectivity index (χ1v) is 10.3. The van der Waals surface area contributed by atoms with Crippen LogP contribution in [0, 0.1) is 18.7 Å². The van der Waals surface area contributed by atoms with E-state index in [-0.39, 0.29) is 17.5 Å². The van der Waals surface area contributed by atoms with Crippen LogP contribution < -0.4 is 5.32 Å². The summed E-state index contributed by atoms with van der Waals surface area (Å²) in [6.45, 7) is 9.65. The number of rotatable bonds is 5. The van der Waals surface area contributed by atoms with Gasteiger partial charge in [-0.25, -0.2) is 9.37 Å². The van der Waals surface area contributed by atoms with Crippen molar-refractivity contribution in [1.29, 1.82) is 0 Å². The van der Waals surface area contributed by atoms with Gasteiger partial charge >= 0.3 is 0 Å². The number of aromatic nitrogens is 2. The second-order valence-electron chi connectivity index (χ2n) is 8.09. The van der Waals surface area contributed by atoms with Gasteiger partial charge in [0.05, 0.1) is 5.56 Å². The van der Waals surface area contributed by atoms with E-state index in [0.717, 1.165) is 18.7 Å². The molecule has 7 heteroatoms. The van der Waals surface area contributed by atoms with Gasteiger partial charge in [0.15, 0.2) is 0 Å². The molecule has 30 heavy (non-hydrogen) atoms. The van der Waals surface area contributed by atoms with E-state index in [0.29, 0.717) is 34.9 Å². The first-order valence-electron chi connectivity index (χ1n) is 10.3. The minimum absolute atomic E-state index is 0.0417. The van der Waals surface area contributed by atoms with Crippen molar-refractivity contribution < 1.29 is 13.6 Å². The average molecular weight is 412 g/mol. The number of halogens is 2. The van der Waals surface area contributed by atoms with Crippen molar-refractivity contribution in [3.8, 4) is 11.1 Å². The molecule has 3 aromatic rings. The maximum absolute atomic E-state index is 14.8. The van der Waals surface area contributed by atoms with E-state index in [1.54, 1.807) is 22.3 Å². The van der Waals surface area contributed by atoms with Crippen LogP contribution in [-0.2, 0) is 0 Å². The van der Waals surface area contributed by atoms with Crippen LogP contribution in [0.2, 0.25) is 0 Å². The molecule has 1 aromatic carbocycles. The number of pyridine rings is 1. The monoisotopic (exact) mass is 412 g/mol. The second-order valence-corrected chi connectivity index (χ2v) is 8.09. The Morgan fingerprint density at radius 3 is 2.60 bits per heavy atom. The first kappa shape index (κ1) is 20.5. The number of carbonyl (C=O) groups excluding carboxylic acids is 1. The van der Waals surface area contributed by atoms with Gasteiger partial charge in [-0.2, -0.15) is 4.39 Å². The Kier molecular flexibility index (Phi) is 5.32. The van der Waals surface area contributed by atoms with Crippen LogP contribution in [0.3, 0.4) is 0 Å². The zero-order valence-electron chi connectivity index (χ0n) is 17.7. The molecule has 158 valence electrons. The van der Waals surface area contributed by atoms with Crippen molar-refractivity contribution in [1.82, 2.24) is 19.6 Å². The Labute approximate surface area is 174 Å². The maximum Gasteiger partial charge on any atom is 0.254 e. The van der Waals surface area contributed by atoms with Gasteiger partial charge < -0.3 is 14.6 Å². The van der Waals surface area contributed by atoms with Crippen molar-refractivity contribution in [2.75, 3.05) is 19.6 Å². The molecule has 3 heterocycles. The SMILES string of the molecule is CCN(C(=O)c1cc(F)ccc1-c1cc(C2CNC2)cn2c(C)nc(F)c12)C(C)C. The van der Waals surface area contributed by atoms with Gasteiger partial charge in [0.25, 0.3) is 5.91 Å². The van der Waals surface area contributed by atoms with Gasteiger partial charge in [-0.05, 0) is 57.0 Å². The summed E-state index contributed by atoms with van der Waals surface area (Å²) < 4.78 is 30.8. The van der Waals surface area contributed by atoms with Gasteiger partial charge in [-0.3, -0.25) is 4.79 Å². The zero-order valence-corrected chi connectivity index (χ0v) is 17.7. The van der Waals surface area contributed by atoms with Gasteiger partial charge in [0, 0.05) is 43.4 Å². The molecule has 0 atom stereocenters. The fourth-order valence-corrected chi connectivity index (χ4v) is 4.11. The number of nitrogens with zero attached hydrogens (tertiary/aromatic N) is 3. The number of amides is 1. The van der Waals surface area contributed by atoms with Gasteiger partial charge in [-0.1, -0.05) is 6.07 Å². The molecule has 2 aromatic heterocycles. The predicted octanol–water partition coefficient (Wildman–Crippen LogP) is 4.15. The fourth-order valence-electron chi connectivity index (χ4n) is 4.11. The molecule has 1 fully saturated rings. The minimum atomic E-state index is -0.597. The summed E-state index contributed by atoms with van der Waals surface area (Å²) in [7, 11) is 0. The Morgan fingerprint density at radius 2 is 2.00 bits per heavy atom. The highest BCUT2D eigenvalue weighted by atomic mass is 19.1. The lowest BCUT2D eigenvalue weighted by atomic mass is 9.90. The third kappa shape index (κ3) is 3.37. The number of hydrogen-bond donors (Lipinski definition) is 1. The number of nitrogens with one attached hydrogen (secondary N) is 1. The number of hydrogen-bond acceptors (Lipinski definition) is 3. The second kappa shape index (κ2) is 7.80. The normalized spacial score (nSPS) is 14.4. The van der Waals surface area contributed by atoms with E-state index < -0.39 is 11.8 Å². The molecular formula is C23H26F2N4O. The standard InChI is InChI=1S/C23H26F2N4O/c1-5-28(13(2)3)23(30)20-9-17(24)6-7-18(20)19-8-15(16-10-26-11-16)12-29-14(4)27-22(25)21(19)29/h6-9,12-13,16,26H,5,10-11H2,1-4H3. The van der Waals surface area contributed by atoms with Crippen molar-refractivity contribution in [2.24, 2.45) is 0 Å². The molecule has 1 aliphatic rings. The third-order valence-corrected chi connectivity index (χ3v) is 5.87. The van der Waals surface area contributed by atoms with E-state index in [2.05, 4.69) is 10.3 Å². The molecule has 5 nitrogen and oxygen atoms in total. The smallest absolute Gasteiger partial charge is 0.254 e. The summed E-state index contributed by atoms with van der Waals surface area (Å²) in [5.74, 6) is -0.527. The van der Waals surface area contributed by atoms with Crippen LogP contribution in [0.25, 0.3) is 16.6 Å². The van der Waals surface area contributed by atoms with Gasteiger partial charge in [-0.15, -0.1) is 0 Å². The van der Waals surface area contributed by atoms with Crippen LogP contribution in [0.5, 0.6) is 0 Å². The van der Waals surface area contributed by atoms with Gasteiger partial charge in [0.2, 0.25) is 5.95 Å². The Hall–Kier alpha value is -2.80. The molecule has 1 N–H and O–H groups in total. The van der Waals surface area contributed by atoms with E-state index >= 15 is 0 Å². The van der Waals surface area contributed by atoms with E-state index in [4.69, 9.17) is 0 Å². The molecule has 0 aliphatic carbocycles. The molecule has 4 rings (SSSR count). The Morgan fingerprint density at radius 1 is 1.27 bits per heavy atom. The molecule has 0 spiro atoms. The van der Waals surface area contributed by atoms with Crippen LogP contribution in [0.15, 0.2) is 30.5 Å². The Balaban J connectivity index is 1.97. The zero-order chi connectivity index (χ0) is 21.6. The van der Waals surface area contributed by atoms with Crippen molar-refractivity contribution in [2.45, 2.75) is 39.7 Å². The lowest BCUT2D eigenvalue weighted by molar-refractivity contribution is 0.0717. The molecule has 0 saturated carbocycles. The summed E-state index contributed by atoms with van der Waals surface area (Å²) in [6, 6.07) is 6.00. The Bertz CT molecular complexity index is 1120. The number of aryl methyl sites for hydroxylation is 1. The average Bonchev–Trinajstić information content (AvgIpc) is 2.94. The van der Waals surface area contributed by atoms with E-state index in [1.165, 1.54) is 12.1 Å². The quantitative estimate of drug-likeness (QED) is 0.685. The molecule has 0 unspecified atom stereocenters. The number of carbonyl (C=O) groups is 1. The van der Waals surface area contributed by atoms with Crippen LogP contribution in [0.4, 0.5) is 8.78 Å². The summed E-state index contributed by atoms with van der Waals surface area (Å²) in [4.78, 5) is 19.0. The summed E-state index contributed by atoms with van der Waals surface area (Å²) in [5.41, 5.74) is 2.64. The van der Waals surface area contributed by atoms with E-state index in [9.17, 15) is 13.6 Å². The molecule has 0 bridgehead atoms. The molecule has 0 radical (unpaired) electrons. The fraction of sp³-hybridized carbons (Fsp3) is 0.391. The summed E-state index contributed by atoms with van der Waals surface area (Å²) in [6.07, 6.45) is 1.91. The highest BCUT2D eigenvalue weighted by Gasteiger charge is 2.26. The van der Waals surface area contributed by atoms with Crippen LogP contribution in [0.1, 0.15) is 48.4 Å². The van der Waals surface area contributed by atoms with Gasteiger partial charge in [0.1, 0.15) is 17.2 Å². The summed E-state index contributed by atoms with van der Waals surface area (Å²) >= 11 is 0. The molecule has 1 aliphatic heterocycles. The third-order valence-electron chi connectivity index (χ3n) is 5.87. The lowest BCUT2D eigenvalue weighted by Gasteiger charge is -2.29. The number of fused-ring (bicyclic) bond motifs is 1. The first-order chi connectivity index (χ1) is 14.3. The van der Waals surface area contributed by atoms with Crippen LogP contribution in [-0.4, -0.2) is 45.9 Å². The molecule has 1 amide bonds. The highest BCUT2D eigenvalue weighted by Crippen LogP contribution is 2.35. The lowest BCUT2D eigenvalue weighted by Crippen LogP contribution is -2.40. The van der Waals surface area contributed by atoms with Crippen molar-refractivity contribution in [3.05, 3.63) is 59.2 Å². The largest absolute Gasteiger partial charge is 0.336 e. The molecular weight excluding hydrogens is 386 g/mol. The highest BCUT2D eigenvalue weighted by molar-refractivity contribution is 6.03. The van der Waals surface area contributed by atoms with Crippen molar-refractivity contribution >= 4 is 11.4 Å². The van der Waals surface area contributed by atoms with Crippen LogP contribution >= 0.6 is 0 Å². The number of imidazole rings is 1. The maximum atomic E-state index is 14.8. The predicted molar refractivity (Wildman–Crippen MR) is 113 cm³/mol. The van der Waals surface area contributed by atoms with Crippen molar-refractivity contribution in [3.63, 3.8) is 0 Å². The minimum Gasteiger partial charge on any atom is -0.336 e. The summed E-state index contributed by atoms with van der Waals surface area (Å²) in [5, 5.41) is 3.25.